The first-order valence-electron chi connectivity index (χ1n) is 7.71. The lowest BCUT2D eigenvalue weighted by molar-refractivity contribution is 0.268. The van der Waals surface area contributed by atoms with E-state index < -0.39 is 0 Å². The molecule has 0 amide bonds. The molecule has 1 unspecified atom stereocenters. The van der Waals surface area contributed by atoms with Crippen LogP contribution in [0.15, 0.2) is 24.3 Å². The van der Waals surface area contributed by atoms with Gasteiger partial charge in [0.25, 0.3) is 0 Å². The smallest absolute Gasteiger partial charge is 0.119 e. The van der Waals surface area contributed by atoms with Gasteiger partial charge in [-0.05, 0) is 71.9 Å². The molecule has 1 rings (SSSR count). The second-order valence-electron chi connectivity index (χ2n) is 5.61. The van der Waals surface area contributed by atoms with Crippen molar-refractivity contribution in [2.45, 2.75) is 46.2 Å². The Labute approximate surface area is 124 Å². The van der Waals surface area contributed by atoms with E-state index in [0.717, 1.165) is 25.4 Å². The topological polar surface area (TPSA) is 24.5 Å². The monoisotopic (exact) mass is 278 g/mol. The standard InChI is InChI=1S/C17H30N2O/c1-6-20-17-10-8-16(9-11-17)15(4)18-12-7-13-19(5)14(2)3/h8-11,14-15,18H,6-7,12-13H2,1-5H3. The average molecular weight is 278 g/mol. The van der Waals surface area contributed by atoms with Crippen molar-refractivity contribution in [3.63, 3.8) is 0 Å². The normalized spacial score (nSPS) is 12.9. The van der Waals surface area contributed by atoms with Gasteiger partial charge in [0.05, 0.1) is 6.61 Å². The maximum absolute atomic E-state index is 5.46. The molecule has 0 aromatic heterocycles. The van der Waals surface area contributed by atoms with Crippen LogP contribution in [0.5, 0.6) is 5.75 Å². The summed E-state index contributed by atoms with van der Waals surface area (Å²) in [7, 11) is 2.18. The number of benzene rings is 1. The molecule has 0 heterocycles. The summed E-state index contributed by atoms with van der Waals surface area (Å²) in [5, 5.41) is 3.58. The summed E-state index contributed by atoms with van der Waals surface area (Å²) in [5.74, 6) is 0.946. The molecular formula is C17H30N2O. The molecule has 1 atom stereocenters. The summed E-state index contributed by atoms with van der Waals surface area (Å²) in [6.07, 6.45) is 1.18. The molecule has 0 aliphatic carbocycles. The van der Waals surface area contributed by atoms with E-state index in [1.54, 1.807) is 0 Å². The molecule has 0 fully saturated rings. The second kappa shape index (κ2) is 8.98. The number of ether oxygens (including phenoxy) is 1. The summed E-state index contributed by atoms with van der Waals surface area (Å²) in [6, 6.07) is 9.38. The number of nitrogens with one attached hydrogen (secondary N) is 1. The third kappa shape index (κ3) is 5.93. The Bertz CT molecular complexity index is 362. The fourth-order valence-electron chi connectivity index (χ4n) is 2.04. The van der Waals surface area contributed by atoms with Crippen LogP contribution in [0, 0.1) is 0 Å². The van der Waals surface area contributed by atoms with Crippen LogP contribution in [0.4, 0.5) is 0 Å². The van der Waals surface area contributed by atoms with Crippen molar-refractivity contribution >= 4 is 0 Å². The van der Waals surface area contributed by atoms with Gasteiger partial charge in [-0.25, -0.2) is 0 Å². The van der Waals surface area contributed by atoms with E-state index >= 15 is 0 Å². The Balaban J connectivity index is 2.30. The molecule has 0 saturated carbocycles. The molecule has 0 saturated heterocycles. The van der Waals surface area contributed by atoms with E-state index in [1.165, 1.54) is 12.0 Å². The molecule has 1 aromatic carbocycles. The highest BCUT2D eigenvalue weighted by atomic mass is 16.5. The Morgan fingerprint density at radius 2 is 1.80 bits per heavy atom. The largest absolute Gasteiger partial charge is 0.494 e. The Hall–Kier alpha value is -1.06. The number of hydrogen-bond donors (Lipinski definition) is 1. The van der Waals surface area contributed by atoms with E-state index in [0.29, 0.717) is 12.1 Å². The fourth-order valence-corrected chi connectivity index (χ4v) is 2.04. The maximum Gasteiger partial charge on any atom is 0.119 e. The van der Waals surface area contributed by atoms with Crippen molar-refractivity contribution < 1.29 is 4.74 Å². The molecule has 0 radical (unpaired) electrons. The summed E-state index contributed by atoms with van der Waals surface area (Å²) in [6.45, 7) is 11.6. The SMILES string of the molecule is CCOc1ccc(C(C)NCCCN(C)C(C)C)cc1. The fraction of sp³-hybridized carbons (Fsp3) is 0.647. The van der Waals surface area contributed by atoms with Crippen molar-refractivity contribution in [3.8, 4) is 5.75 Å². The molecule has 3 nitrogen and oxygen atoms in total. The molecule has 114 valence electrons. The van der Waals surface area contributed by atoms with Gasteiger partial charge in [-0.1, -0.05) is 12.1 Å². The van der Waals surface area contributed by atoms with Crippen LogP contribution in [0.2, 0.25) is 0 Å². The third-order valence-corrected chi connectivity index (χ3v) is 3.71. The number of rotatable bonds is 9. The maximum atomic E-state index is 5.46. The van der Waals surface area contributed by atoms with E-state index in [1.807, 2.05) is 19.1 Å². The van der Waals surface area contributed by atoms with Crippen molar-refractivity contribution in [2.24, 2.45) is 0 Å². The first kappa shape index (κ1) is 17.0. The van der Waals surface area contributed by atoms with Gasteiger partial charge in [-0.15, -0.1) is 0 Å². The van der Waals surface area contributed by atoms with Crippen LogP contribution < -0.4 is 10.1 Å². The minimum absolute atomic E-state index is 0.384. The zero-order chi connectivity index (χ0) is 15.0. The van der Waals surface area contributed by atoms with Crippen molar-refractivity contribution in [2.75, 3.05) is 26.7 Å². The molecule has 3 heteroatoms. The van der Waals surface area contributed by atoms with Crippen molar-refractivity contribution in [1.29, 1.82) is 0 Å². The predicted molar refractivity (Wildman–Crippen MR) is 86.4 cm³/mol. The summed E-state index contributed by atoms with van der Waals surface area (Å²) < 4.78 is 5.46. The van der Waals surface area contributed by atoms with Gasteiger partial charge in [-0.2, -0.15) is 0 Å². The van der Waals surface area contributed by atoms with Gasteiger partial charge >= 0.3 is 0 Å². The predicted octanol–water partition coefficient (Wildman–Crippen LogP) is 3.47. The van der Waals surface area contributed by atoms with Gasteiger partial charge in [-0.3, -0.25) is 0 Å². The van der Waals surface area contributed by atoms with Gasteiger partial charge in [0.2, 0.25) is 0 Å². The number of nitrogens with zero attached hydrogens (tertiary/aromatic N) is 1. The van der Waals surface area contributed by atoms with Crippen LogP contribution in [-0.2, 0) is 0 Å². The van der Waals surface area contributed by atoms with Crippen LogP contribution >= 0.6 is 0 Å². The quantitative estimate of drug-likeness (QED) is 0.700. The first-order valence-corrected chi connectivity index (χ1v) is 7.71. The molecular weight excluding hydrogens is 248 g/mol. The first-order chi connectivity index (χ1) is 9.54. The third-order valence-electron chi connectivity index (χ3n) is 3.71. The molecule has 1 N–H and O–H groups in total. The molecule has 0 bridgehead atoms. The summed E-state index contributed by atoms with van der Waals surface area (Å²) >= 11 is 0. The molecule has 20 heavy (non-hydrogen) atoms. The summed E-state index contributed by atoms with van der Waals surface area (Å²) in [5.41, 5.74) is 1.31. The highest BCUT2D eigenvalue weighted by Crippen LogP contribution is 2.17. The van der Waals surface area contributed by atoms with Gasteiger partial charge < -0.3 is 15.0 Å². The van der Waals surface area contributed by atoms with Crippen LogP contribution in [0.1, 0.15) is 45.7 Å². The number of hydrogen-bond acceptors (Lipinski definition) is 3. The Kier molecular flexibility index (Phi) is 7.63. The van der Waals surface area contributed by atoms with E-state index in [4.69, 9.17) is 4.74 Å². The zero-order valence-corrected chi connectivity index (χ0v) is 13.6. The van der Waals surface area contributed by atoms with Gasteiger partial charge in [0, 0.05) is 12.1 Å². The lowest BCUT2D eigenvalue weighted by Crippen LogP contribution is -2.30. The van der Waals surface area contributed by atoms with E-state index in [-0.39, 0.29) is 0 Å². The van der Waals surface area contributed by atoms with Crippen LogP contribution in [0.3, 0.4) is 0 Å². The minimum Gasteiger partial charge on any atom is -0.494 e. The average Bonchev–Trinajstić information content (AvgIpc) is 2.44. The second-order valence-corrected chi connectivity index (χ2v) is 5.61. The van der Waals surface area contributed by atoms with Gasteiger partial charge in [0.1, 0.15) is 5.75 Å². The molecule has 0 spiro atoms. The van der Waals surface area contributed by atoms with Crippen molar-refractivity contribution in [3.05, 3.63) is 29.8 Å². The van der Waals surface area contributed by atoms with E-state index in [2.05, 4.69) is 50.2 Å². The lowest BCUT2D eigenvalue weighted by atomic mass is 10.1. The van der Waals surface area contributed by atoms with Crippen LogP contribution in [-0.4, -0.2) is 37.7 Å². The minimum atomic E-state index is 0.384. The van der Waals surface area contributed by atoms with Gasteiger partial charge in [0.15, 0.2) is 0 Å². The molecule has 0 aliphatic rings. The van der Waals surface area contributed by atoms with Crippen molar-refractivity contribution in [1.82, 2.24) is 10.2 Å². The van der Waals surface area contributed by atoms with E-state index in [9.17, 15) is 0 Å². The lowest BCUT2D eigenvalue weighted by Gasteiger charge is -2.21. The zero-order valence-electron chi connectivity index (χ0n) is 13.6. The highest BCUT2D eigenvalue weighted by molar-refractivity contribution is 5.28. The Morgan fingerprint density at radius 3 is 2.35 bits per heavy atom. The summed E-state index contributed by atoms with van der Waals surface area (Å²) in [4.78, 5) is 2.38. The molecule has 1 aromatic rings. The molecule has 0 aliphatic heterocycles. The Morgan fingerprint density at radius 1 is 1.15 bits per heavy atom. The van der Waals surface area contributed by atoms with Crippen LogP contribution in [0.25, 0.3) is 0 Å². The highest BCUT2D eigenvalue weighted by Gasteiger charge is 2.06.